The number of benzene rings is 1. The van der Waals surface area contributed by atoms with Crippen LogP contribution in [0.25, 0.3) is 0 Å². The van der Waals surface area contributed by atoms with Crippen LogP contribution in [-0.4, -0.2) is 11.8 Å². The molecule has 3 nitrogen and oxygen atoms in total. The van der Waals surface area contributed by atoms with Gasteiger partial charge in [0, 0.05) is 11.3 Å². The molecule has 0 aromatic heterocycles. The lowest BCUT2D eigenvalue weighted by Crippen LogP contribution is -2.13. The average molecular weight is 212 g/mol. The molecule has 0 fully saturated rings. The van der Waals surface area contributed by atoms with Crippen LogP contribution < -0.4 is 5.32 Å². The number of ether oxygens (including phenoxy) is 1. The molecule has 0 saturated carbocycles. The third-order valence-corrected chi connectivity index (χ3v) is 2.42. The molecule has 1 aromatic rings. The maximum atomic E-state index is 11.1. The molecule has 1 N–H and O–H groups in total. The molecule has 1 heterocycles. The van der Waals surface area contributed by atoms with Crippen LogP contribution in [0.5, 0.6) is 0 Å². The van der Waals surface area contributed by atoms with Crippen molar-refractivity contribution in [3.05, 3.63) is 29.3 Å². The monoisotopic (exact) mass is 211 g/mol. The zero-order chi connectivity index (χ0) is 9.97. The van der Waals surface area contributed by atoms with Gasteiger partial charge in [-0.3, -0.25) is 4.79 Å². The van der Waals surface area contributed by atoms with Gasteiger partial charge in [0.25, 0.3) is 0 Å². The van der Waals surface area contributed by atoms with Gasteiger partial charge in [-0.25, -0.2) is 0 Å². The minimum atomic E-state index is -0.188. The van der Waals surface area contributed by atoms with E-state index < -0.39 is 0 Å². The zero-order valence-corrected chi connectivity index (χ0v) is 8.30. The molecule has 0 aliphatic carbocycles. The largest absolute Gasteiger partial charge is 0.372 e. The number of halogens is 1. The highest BCUT2D eigenvalue weighted by Crippen LogP contribution is 2.26. The summed E-state index contributed by atoms with van der Waals surface area (Å²) < 4.78 is 5.29. The third-order valence-electron chi connectivity index (χ3n) is 2.17. The lowest BCUT2D eigenvalue weighted by Gasteiger charge is -2.07. The van der Waals surface area contributed by atoms with Gasteiger partial charge in [-0.15, -0.1) is 11.6 Å². The number of rotatable bonds is 2. The Kier molecular flexibility index (Phi) is 2.70. The molecule has 2 rings (SSSR count). The summed E-state index contributed by atoms with van der Waals surface area (Å²) >= 11 is 5.41. The van der Waals surface area contributed by atoms with E-state index in [0.717, 1.165) is 16.8 Å². The minimum Gasteiger partial charge on any atom is -0.372 e. The molecule has 0 bridgehead atoms. The zero-order valence-electron chi connectivity index (χ0n) is 7.55. The van der Waals surface area contributed by atoms with Crippen molar-refractivity contribution in [1.29, 1.82) is 0 Å². The second-order valence-corrected chi connectivity index (χ2v) is 3.39. The summed E-state index contributed by atoms with van der Waals surface area (Å²) in [6, 6.07) is 5.76. The maximum absolute atomic E-state index is 11.1. The summed E-state index contributed by atoms with van der Waals surface area (Å²) in [7, 11) is 0. The molecule has 14 heavy (non-hydrogen) atoms. The first-order valence-corrected chi connectivity index (χ1v) is 4.89. The quantitative estimate of drug-likeness (QED) is 0.759. The number of alkyl halides is 1. The Labute approximate surface area is 87.0 Å². The second-order valence-electron chi connectivity index (χ2n) is 3.12. The lowest BCUT2D eigenvalue weighted by atomic mass is 10.1. The van der Waals surface area contributed by atoms with Gasteiger partial charge >= 0.3 is 0 Å². The van der Waals surface area contributed by atoms with Gasteiger partial charge in [-0.1, -0.05) is 12.1 Å². The highest BCUT2D eigenvalue weighted by Gasteiger charge is 2.15. The molecular weight excluding hydrogens is 202 g/mol. The van der Waals surface area contributed by atoms with Gasteiger partial charge in [0.15, 0.2) is 0 Å². The van der Waals surface area contributed by atoms with Crippen molar-refractivity contribution in [2.45, 2.75) is 13.2 Å². The van der Waals surface area contributed by atoms with E-state index in [2.05, 4.69) is 5.32 Å². The van der Waals surface area contributed by atoms with Gasteiger partial charge in [0.1, 0.15) is 5.88 Å². The molecule has 1 aliphatic heterocycles. The molecule has 4 heteroatoms. The van der Waals surface area contributed by atoms with E-state index in [1.54, 1.807) is 0 Å². The first-order valence-electron chi connectivity index (χ1n) is 4.35. The summed E-state index contributed by atoms with van der Waals surface area (Å²) in [5.74, 6) is -0.211. The van der Waals surface area contributed by atoms with Crippen molar-refractivity contribution >= 4 is 23.2 Å². The highest BCUT2D eigenvalue weighted by molar-refractivity contribution is 6.29. The van der Waals surface area contributed by atoms with Crippen molar-refractivity contribution in [2.75, 3.05) is 11.2 Å². The van der Waals surface area contributed by atoms with Crippen LogP contribution in [0.3, 0.4) is 0 Å². The fourth-order valence-corrected chi connectivity index (χ4v) is 1.57. The Morgan fingerprint density at radius 3 is 3.14 bits per heavy atom. The molecule has 1 aromatic carbocycles. The first kappa shape index (κ1) is 9.49. The first-order chi connectivity index (χ1) is 6.81. The van der Waals surface area contributed by atoms with Crippen molar-refractivity contribution in [3.63, 3.8) is 0 Å². The van der Waals surface area contributed by atoms with E-state index in [-0.39, 0.29) is 11.8 Å². The average Bonchev–Trinajstić information content (AvgIpc) is 2.66. The highest BCUT2D eigenvalue weighted by atomic mass is 35.5. The predicted molar refractivity (Wildman–Crippen MR) is 54.3 cm³/mol. The fourth-order valence-electron chi connectivity index (χ4n) is 1.50. The predicted octanol–water partition coefficient (Wildman–Crippen LogP) is 1.89. The maximum Gasteiger partial charge on any atom is 0.239 e. The number of nitrogens with one attached hydrogen (secondary N) is 1. The van der Waals surface area contributed by atoms with E-state index in [1.807, 2.05) is 18.2 Å². The smallest absolute Gasteiger partial charge is 0.239 e. The summed E-state index contributed by atoms with van der Waals surface area (Å²) in [5, 5.41) is 2.74. The van der Waals surface area contributed by atoms with Crippen LogP contribution in [0.15, 0.2) is 18.2 Å². The number of anilines is 1. The number of carbonyl (C=O) groups excluding carboxylic acids is 1. The van der Waals surface area contributed by atoms with Gasteiger partial charge < -0.3 is 10.1 Å². The molecule has 0 atom stereocenters. The fraction of sp³-hybridized carbons (Fsp3) is 0.300. The SMILES string of the molecule is O=C(CCl)Nc1cccc2c1COC2. The van der Waals surface area contributed by atoms with Crippen LogP contribution in [0.2, 0.25) is 0 Å². The second kappa shape index (κ2) is 3.98. The van der Waals surface area contributed by atoms with Gasteiger partial charge in [-0.05, 0) is 11.6 Å². The van der Waals surface area contributed by atoms with Crippen LogP contribution >= 0.6 is 11.6 Å². The summed E-state index contributed by atoms with van der Waals surface area (Å²) in [5.41, 5.74) is 3.01. The Morgan fingerprint density at radius 1 is 1.50 bits per heavy atom. The molecule has 74 valence electrons. The molecule has 0 saturated heterocycles. The van der Waals surface area contributed by atoms with Gasteiger partial charge in [-0.2, -0.15) is 0 Å². The molecule has 0 unspecified atom stereocenters. The van der Waals surface area contributed by atoms with E-state index in [4.69, 9.17) is 16.3 Å². The van der Waals surface area contributed by atoms with Crippen molar-refractivity contribution in [1.82, 2.24) is 0 Å². The summed E-state index contributed by atoms with van der Waals surface area (Å²) in [4.78, 5) is 11.1. The number of hydrogen-bond acceptors (Lipinski definition) is 2. The van der Waals surface area contributed by atoms with E-state index in [9.17, 15) is 4.79 Å². The molecule has 1 amide bonds. The number of carbonyl (C=O) groups is 1. The van der Waals surface area contributed by atoms with Gasteiger partial charge in [0.05, 0.1) is 13.2 Å². The molecular formula is C10H10ClNO2. The van der Waals surface area contributed by atoms with E-state index >= 15 is 0 Å². The van der Waals surface area contributed by atoms with Crippen LogP contribution in [0.4, 0.5) is 5.69 Å². The minimum absolute atomic E-state index is 0.0233. The van der Waals surface area contributed by atoms with Crippen molar-refractivity contribution in [3.8, 4) is 0 Å². The van der Waals surface area contributed by atoms with Crippen LogP contribution in [0.1, 0.15) is 11.1 Å². The van der Waals surface area contributed by atoms with E-state index in [0.29, 0.717) is 13.2 Å². The van der Waals surface area contributed by atoms with Crippen LogP contribution in [0, 0.1) is 0 Å². The Hall–Kier alpha value is -1.06. The number of amides is 1. The topological polar surface area (TPSA) is 38.3 Å². The van der Waals surface area contributed by atoms with E-state index in [1.165, 1.54) is 0 Å². The molecule has 0 radical (unpaired) electrons. The Morgan fingerprint density at radius 2 is 2.36 bits per heavy atom. The number of fused-ring (bicyclic) bond motifs is 1. The normalized spacial score (nSPS) is 13.8. The van der Waals surface area contributed by atoms with Crippen molar-refractivity contribution in [2.24, 2.45) is 0 Å². The lowest BCUT2D eigenvalue weighted by molar-refractivity contribution is -0.113. The molecule has 0 spiro atoms. The van der Waals surface area contributed by atoms with Crippen LogP contribution in [-0.2, 0) is 22.7 Å². The Balaban J connectivity index is 2.26. The summed E-state index contributed by atoms with van der Waals surface area (Å²) in [6.07, 6.45) is 0. The van der Waals surface area contributed by atoms with Crippen molar-refractivity contribution < 1.29 is 9.53 Å². The standard InChI is InChI=1S/C10H10ClNO2/c11-4-10(13)12-9-3-1-2-7-5-14-6-8(7)9/h1-3H,4-6H2,(H,12,13). The third kappa shape index (κ3) is 1.74. The summed E-state index contributed by atoms with van der Waals surface area (Å²) in [6.45, 7) is 1.19. The van der Waals surface area contributed by atoms with Gasteiger partial charge in [0.2, 0.25) is 5.91 Å². The number of hydrogen-bond donors (Lipinski definition) is 1. The Bertz CT molecular complexity index is 365. The molecule has 1 aliphatic rings.